The Hall–Kier alpha value is -2.00. The molecule has 3 aromatic carbocycles. The molecule has 0 amide bonds. The van der Waals surface area contributed by atoms with Crippen LogP contribution in [-0.4, -0.2) is 132 Å². The molecule has 1 heterocycles. The maximum absolute atomic E-state index is 13.5. The highest BCUT2D eigenvalue weighted by Crippen LogP contribution is 2.40. The van der Waals surface area contributed by atoms with Crippen LogP contribution in [0.2, 0.25) is 72.5 Å². The molecule has 440 valence electrons. The van der Waals surface area contributed by atoms with E-state index in [-0.39, 0.29) is 74.3 Å². The lowest BCUT2D eigenvalue weighted by Gasteiger charge is -2.45. The predicted octanol–water partition coefficient (Wildman–Crippen LogP) is 13.7. The highest BCUT2D eigenvalue weighted by Gasteiger charge is 2.43. The molecule has 20 heteroatoms. The van der Waals surface area contributed by atoms with Gasteiger partial charge in [-0.1, -0.05) is 131 Å². The molecule has 4 rings (SSSR count). The molecule has 0 bridgehead atoms. The van der Waals surface area contributed by atoms with Gasteiger partial charge in [0.1, 0.15) is 18.0 Å². The highest BCUT2D eigenvalue weighted by molar-refractivity contribution is 7.87. The number of hydrogen-bond donors (Lipinski definition) is 0. The number of aryl methyl sites for hydroxylation is 2. The third-order valence-electron chi connectivity index (χ3n) is 16.3. The second-order valence-electron chi connectivity index (χ2n) is 26.9. The van der Waals surface area contributed by atoms with Crippen LogP contribution in [0.25, 0.3) is 0 Å². The van der Waals surface area contributed by atoms with Gasteiger partial charge in [-0.25, -0.2) is 4.39 Å². The predicted molar refractivity (Wildman–Crippen MR) is 320 cm³/mol. The summed E-state index contributed by atoms with van der Waals surface area (Å²) in [6.07, 6.45) is -1.97. The van der Waals surface area contributed by atoms with Crippen LogP contribution in [0.15, 0.2) is 82.6 Å². The first kappa shape index (κ1) is 69.3. The van der Waals surface area contributed by atoms with Gasteiger partial charge in [-0.3, -0.25) is 13.3 Å². The monoisotopic (exact) mass is 1190 g/mol. The van der Waals surface area contributed by atoms with Crippen molar-refractivity contribution in [3.63, 3.8) is 0 Å². The van der Waals surface area contributed by atoms with E-state index < -0.39 is 65.7 Å². The normalized spacial score (nSPS) is 17.9. The number of benzene rings is 3. The van der Waals surface area contributed by atoms with Gasteiger partial charge in [0, 0.05) is 6.54 Å². The molecule has 4 atom stereocenters. The second kappa shape index (κ2) is 27.4. The zero-order chi connectivity index (χ0) is 58.9. The van der Waals surface area contributed by atoms with Crippen molar-refractivity contribution in [3.05, 3.63) is 95.3 Å². The zero-order valence-electron chi connectivity index (χ0n) is 51.1. The molecule has 1 aliphatic heterocycles. The van der Waals surface area contributed by atoms with Crippen molar-refractivity contribution < 1.29 is 56.8 Å². The number of hydrogen-bond acceptors (Lipinski definition) is 13. The third-order valence-corrected chi connectivity index (χ3v) is 37.1. The Labute approximate surface area is 470 Å². The van der Waals surface area contributed by atoms with Gasteiger partial charge in [0.05, 0.1) is 74.7 Å². The minimum Gasteiger partial charge on any atom is -0.415 e. The number of morpholine rings is 1. The standard InChI is InChI=1S/C32H54O9S2Si2.C25H46FNO3Si2/c1-25-13-17-29(18-14-25)42(33,34)40-27(23-38-44(9,10)31(3,4)5)21-37-22-28(24-39-45(11,12)32(6,7)8)41-43(35,36)30-19-15-26(2)16-20-30;1-24(2,3)31(7,8)29-18-22-16-28-17-23(19-30-32(9,10)25(4,5)6)27(22)15-20-11-13-21(26)14-12-20/h13-20,27-28H,21-24H2,1-12H3;11-14,22-23H,15-19H2,1-10H3. The Bertz CT molecular complexity index is 2350. The van der Waals surface area contributed by atoms with Crippen LogP contribution in [-0.2, 0) is 62.3 Å². The lowest BCUT2D eigenvalue weighted by atomic mass is 10.1. The number of halogens is 1. The molecule has 3 aromatic rings. The van der Waals surface area contributed by atoms with Gasteiger partial charge in [-0.15, -0.1) is 0 Å². The number of ether oxygens (including phenoxy) is 2. The smallest absolute Gasteiger partial charge is 0.297 e. The molecule has 0 radical (unpaired) electrons. The Balaban J connectivity index is 0.000000429. The average Bonchev–Trinajstić information content (AvgIpc) is 3.28. The van der Waals surface area contributed by atoms with Crippen LogP contribution < -0.4 is 0 Å². The number of nitrogens with zero attached hydrogens (tertiary/aromatic N) is 1. The van der Waals surface area contributed by atoms with E-state index >= 15 is 0 Å². The van der Waals surface area contributed by atoms with Gasteiger partial charge >= 0.3 is 0 Å². The molecular weight excluding hydrogens is 1090 g/mol. The molecule has 77 heavy (non-hydrogen) atoms. The van der Waals surface area contributed by atoms with Crippen LogP contribution in [0.5, 0.6) is 0 Å². The molecule has 0 aromatic heterocycles. The molecule has 0 N–H and O–H groups in total. The van der Waals surface area contributed by atoms with Crippen LogP contribution in [0.1, 0.15) is 99.8 Å². The summed E-state index contributed by atoms with van der Waals surface area (Å²) in [4.78, 5) is 2.52. The van der Waals surface area contributed by atoms with Gasteiger partial charge in [-0.05, 0) is 128 Å². The van der Waals surface area contributed by atoms with Crippen LogP contribution in [0.3, 0.4) is 0 Å². The lowest BCUT2D eigenvalue weighted by molar-refractivity contribution is -0.0799. The molecule has 13 nitrogen and oxygen atoms in total. The van der Waals surface area contributed by atoms with Gasteiger partial charge in [0.2, 0.25) is 0 Å². The van der Waals surface area contributed by atoms with Crippen molar-refractivity contribution in [2.75, 3.05) is 52.9 Å². The Morgan fingerprint density at radius 3 is 1.13 bits per heavy atom. The van der Waals surface area contributed by atoms with E-state index in [1.807, 2.05) is 26.0 Å². The maximum Gasteiger partial charge on any atom is 0.297 e. The summed E-state index contributed by atoms with van der Waals surface area (Å²) in [5.74, 6) is -0.202. The Morgan fingerprint density at radius 2 is 0.818 bits per heavy atom. The van der Waals surface area contributed by atoms with Crippen molar-refractivity contribution in [3.8, 4) is 0 Å². The van der Waals surface area contributed by atoms with Crippen LogP contribution in [0, 0.1) is 19.7 Å². The molecule has 1 saturated heterocycles. The van der Waals surface area contributed by atoms with Gasteiger partial charge in [-0.2, -0.15) is 16.8 Å². The van der Waals surface area contributed by atoms with Crippen molar-refractivity contribution >= 4 is 53.5 Å². The molecule has 4 unspecified atom stereocenters. The first-order valence-electron chi connectivity index (χ1n) is 27.1. The molecule has 1 aliphatic rings. The summed E-state index contributed by atoms with van der Waals surface area (Å²) in [5.41, 5.74) is 2.94. The van der Waals surface area contributed by atoms with E-state index in [2.05, 4.69) is 140 Å². The fraction of sp³-hybridized carbons (Fsp3) is 0.684. The van der Waals surface area contributed by atoms with E-state index in [4.69, 9.17) is 35.5 Å². The zero-order valence-corrected chi connectivity index (χ0v) is 56.8. The van der Waals surface area contributed by atoms with Crippen molar-refractivity contribution in [1.82, 2.24) is 4.90 Å². The molecule has 0 aliphatic carbocycles. The van der Waals surface area contributed by atoms with E-state index in [0.717, 1.165) is 23.2 Å². The summed E-state index contributed by atoms with van der Waals surface area (Å²) >= 11 is 0. The van der Waals surface area contributed by atoms with Crippen molar-refractivity contribution in [2.45, 2.75) is 210 Å². The third kappa shape index (κ3) is 21.4. The summed E-state index contributed by atoms with van der Waals surface area (Å²) in [5, 5.41) is 0.0987. The van der Waals surface area contributed by atoms with Gasteiger partial charge in [0.15, 0.2) is 33.3 Å². The van der Waals surface area contributed by atoms with E-state index in [9.17, 15) is 21.2 Å². The molecule has 0 spiro atoms. The largest absolute Gasteiger partial charge is 0.415 e. The summed E-state index contributed by atoms with van der Waals surface area (Å²) < 4.78 is 115. The topological polar surface area (TPSA) is 145 Å². The first-order chi connectivity index (χ1) is 34.9. The van der Waals surface area contributed by atoms with Gasteiger partial charge in [0.25, 0.3) is 20.2 Å². The van der Waals surface area contributed by atoms with Crippen molar-refractivity contribution in [1.29, 1.82) is 0 Å². The summed E-state index contributed by atoms with van der Waals surface area (Å²) in [7, 11) is -16.5. The van der Waals surface area contributed by atoms with E-state index in [1.54, 1.807) is 24.3 Å². The highest BCUT2D eigenvalue weighted by atomic mass is 32.2. The Morgan fingerprint density at radius 1 is 0.506 bits per heavy atom. The SMILES string of the molecule is CC(C)(C)[Si](C)(C)OCC1COCC(CO[Si](C)(C)C(C)(C)C)N1Cc1ccc(F)cc1.Cc1ccc(S(=O)(=O)OC(COCC(CO[Si](C)(C)C(C)(C)C)OS(=O)(=O)c2ccc(C)cc2)CO[Si](C)(C)C(C)(C)C)cc1. The average molecular weight is 1190 g/mol. The van der Waals surface area contributed by atoms with Crippen LogP contribution in [0.4, 0.5) is 4.39 Å². The fourth-order valence-electron chi connectivity index (χ4n) is 6.67. The second-order valence-corrected chi connectivity index (χ2v) is 49.3. The molecular formula is C57H100FNO12S2Si4. The van der Waals surface area contributed by atoms with Gasteiger partial charge < -0.3 is 27.2 Å². The summed E-state index contributed by atoms with van der Waals surface area (Å²) in [6.45, 7) is 50.2. The maximum atomic E-state index is 13.5. The minimum atomic E-state index is -4.14. The minimum absolute atomic E-state index is 0.0186. The lowest BCUT2D eigenvalue weighted by Crippen LogP contribution is -2.57. The quantitative estimate of drug-likeness (QED) is 0.0620. The molecule has 1 fully saturated rings. The summed E-state index contributed by atoms with van der Waals surface area (Å²) in [6, 6.07) is 19.9. The van der Waals surface area contributed by atoms with Crippen LogP contribution >= 0.6 is 0 Å². The van der Waals surface area contributed by atoms with E-state index in [0.29, 0.717) is 26.4 Å². The molecule has 0 saturated carbocycles. The fourth-order valence-corrected chi connectivity index (χ4v) is 12.9. The van der Waals surface area contributed by atoms with E-state index in [1.165, 1.54) is 36.4 Å². The number of rotatable bonds is 24. The first-order valence-corrected chi connectivity index (χ1v) is 41.6. The Kier molecular flexibility index (Phi) is 24.6. The van der Waals surface area contributed by atoms with Crippen molar-refractivity contribution in [2.24, 2.45) is 0 Å².